The monoisotopic (exact) mass is 535 g/mol. The Labute approximate surface area is 218 Å². The molecule has 0 spiro atoms. The molecule has 3 heterocycles. The van der Waals surface area contributed by atoms with Crippen LogP contribution in [-0.2, 0) is 6.18 Å². The first kappa shape index (κ1) is 25.6. The van der Waals surface area contributed by atoms with Crippen molar-refractivity contribution < 1.29 is 22.5 Å². The van der Waals surface area contributed by atoms with Crippen molar-refractivity contribution in [1.29, 1.82) is 0 Å². The number of anilines is 3. The number of carbonyl (C=O) groups excluding carboxylic acids is 1. The van der Waals surface area contributed by atoms with E-state index in [1.807, 2.05) is 0 Å². The highest BCUT2D eigenvalue weighted by molar-refractivity contribution is 6.04. The molecule has 39 heavy (non-hydrogen) atoms. The number of rotatable bonds is 5. The minimum Gasteiger partial charge on any atom is -0.338 e. The molecule has 13 heteroatoms. The fraction of sp³-hybridized carbons (Fsp3) is 0.154. The van der Waals surface area contributed by atoms with Crippen molar-refractivity contribution in [3.8, 4) is 5.69 Å². The van der Waals surface area contributed by atoms with Gasteiger partial charge in [-0.05, 0) is 56.7 Å². The SMILES string of the molecule is Cc1cc(Nc2ncc3c(C)n(-c4cc(NC(=O)c5cccc(C(F)(F)F)c5)ccc4C)c(=O)nc3n2)on1. The van der Waals surface area contributed by atoms with Crippen molar-refractivity contribution in [2.24, 2.45) is 0 Å². The first-order chi connectivity index (χ1) is 18.5. The summed E-state index contributed by atoms with van der Waals surface area (Å²) in [5.74, 6) is -0.235. The highest BCUT2D eigenvalue weighted by atomic mass is 19.4. The van der Waals surface area contributed by atoms with E-state index in [2.05, 4.69) is 30.7 Å². The number of nitrogens with zero attached hydrogens (tertiary/aromatic N) is 5. The minimum absolute atomic E-state index is 0.158. The molecule has 2 N–H and O–H groups in total. The van der Waals surface area contributed by atoms with E-state index < -0.39 is 23.3 Å². The summed E-state index contributed by atoms with van der Waals surface area (Å²) in [7, 11) is 0. The lowest BCUT2D eigenvalue weighted by atomic mass is 10.1. The Morgan fingerprint density at radius 1 is 1.03 bits per heavy atom. The van der Waals surface area contributed by atoms with Crippen LogP contribution in [-0.4, -0.2) is 30.6 Å². The van der Waals surface area contributed by atoms with Gasteiger partial charge >= 0.3 is 11.9 Å². The molecule has 3 aromatic heterocycles. The predicted octanol–water partition coefficient (Wildman–Crippen LogP) is 5.10. The van der Waals surface area contributed by atoms with Gasteiger partial charge < -0.3 is 9.84 Å². The molecule has 0 saturated heterocycles. The normalized spacial score (nSPS) is 11.5. The zero-order valence-electron chi connectivity index (χ0n) is 20.8. The van der Waals surface area contributed by atoms with Crippen LogP contribution in [0.15, 0.2) is 64.0 Å². The van der Waals surface area contributed by atoms with E-state index in [9.17, 15) is 22.8 Å². The van der Waals surface area contributed by atoms with Gasteiger partial charge in [-0.2, -0.15) is 23.1 Å². The average Bonchev–Trinajstić information content (AvgIpc) is 3.29. The summed E-state index contributed by atoms with van der Waals surface area (Å²) in [6.07, 6.45) is -3.06. The van der Waals surface area contributed by atoms with Gasteiger partial charge in [-0.15, -0.1) is 0 Å². The number of benzene rings is 2. The molecule has 0 radical (unpaired) electrons. The first-order valence-electron chi connectivity index (χ1n) is 11.6. The number of alkyl halides is 3. The molecular weight excluding hydrogens is 515 g/mol. The van der Waals surface area contributed by atoms with E-state index in [0.29, 0.717) is 33.9 Å². The maximum Gasteiger partial charge on any atom is 0.416 e. The second-order valence-electron chi connectivity index (χ2n) is 8.74. The van der Waals surface area contributed by atoms with Gasteiger partial charge in [-0.1, -0.05) is 17.3 Å². The largest absolute Gasteiger partial charge is 0.416 e. The zero-order valence-corrected chi connectivity index (χ0v) is 20.8. The number of carbonyl (C=O) groups is 1. The predicted molar refractivity (Wildman–Crippen MR) is 136 cm³/mol. The Morgan fingerprint density at radius 3 is 2.54 bits per heavy atom. The number of aromatic nitrogens is 5. The molecule has 5 rings (SSSR count). The van der Waals surface area contributed by atoms with Gasteiger partial charge in [0.25, 0.3) is 5.91 Å². The summed E-state index contributed by atoms with van der Waals surface area (Å²) in [6.45, 7) is 5.23. The Bertz CT molecular complexity index is 1790. The molecule has 0 saturated carbocycles. The summed E-state index contributed by atoms with van der Waals surface area (Å²) in [5, 5.41) is 9.74. The summed E-state index contributed by atoms with van der Waals surface area (Å²) in [4.78, 5) is 38.5. The van der Waals surface area contributed by atoms with E-state index in [1.54, 1.807) is 45.0 Å². The van der Waals surface area contributed by atoms with E-state index in [-0.39, 0.29) is 22.8 Å². The van der Waals surface area contributed by atoms with Gasteiger partial charge in [0.2, 0.25) is 11.8 Å². The van der Waals surface area contributed by atoms with Crippen molar-refractivity contribution in [1.82, 2.24) is 24.7 Å². The van der Waals surface area contributed by atoms with Crippen LogP contribution in [0.4, 0.5) is 30.7 Å². The average molecular weight is 535 g/mol. The fourth-order valence-electron chi connectivity index (χ4n) is 3.96. The van der Waals surface area contributed by atoms with Crippen LogP contribution in [0.3, 0.4) is 0 Å². The van der Waals surface area contributed by atoms with Crippen molar-refractivity contribution in [2.75, 3.05) is 10.6 Å². The molecule has 1 amide bonds. The van der Waals surface area contributed by atoms with Crippen LogP contribution in [0.1, 0.15) is 32.9 Å². The number of aryl methyl sites for hydroxylation is 3. The van der Waals surface area contributed by atoms with Gasteiger partial charge in [0.1, 0.15) is 0 Å². The molecule has 2 aromatic carbocycles. The lowest BCUT2D eigenvalue weighted by molar-refractivity contribution is -0.137. The third kappa shape index (κ3) is 5.19. The molecule has 0 aliphatic rings. The second kappa shape index (κ2) is 9.67. The lowest BCUT2D eigenvalue weighted by Crippen LogP contribution is -2.25. The van der Waals surface area contributed by atoms with Gasteiger partial charge in [-0.25, -0.2) is 9.78 Å². The number of hydrogen-bond donors (Lipinski definition) is 2. The van der Waals surface area contributed by atoms with E-state index >= 15 is 0 Å². The fourth-order valence-corrected chi connectivity index (χ4v) is 3.96. The van der Waals surface area contributed by atoms with Crippen molar-refractivity contribution >= 4 is 34.5 Å². The summed E-state index contributed by atoms with van der Waals surface area (Å²) >= 11 is 0. The van der Waals surface area contributed by atoms with Crippen LogP contribution in [0.25, 0.3) is 16.7 Å². The molecule has 10 nitrogen and oxygen atoms in total. The van der Waals surface area contributed by atoms with Gasteiger partial charge in [-0.3, -0.25) is 14.7 Å². The molecule has 0 unspecified atom stereocenters. The molecule has 5 aromatic rings. The molecule has 198 valence electrons. The van der Waals surface area contributed by atoms with Crippen molar-refractivity contribution in [2.45, 2.75) is 26.9 Å². The molecule has 0 aliphatic carbocycles. The molecule has 0 fully saturated rings. The van der Waals surface area contributed by atoms with E-state index in [4.69, 9.17) is 4.52 Å². The Morgan fingerprint density at radius 2 is 1.82 bits per heavy atom. The van der Waals surface area contributed by atoms with Crippen LogP contribution < -0.4 is 16.3 Å². The number of amides is 1. The van der Waals surface area contributed by atoms with Crippen LogP contribution in [0.5, 0.6) is 0 Å². The molecule has 0 atom stereocenters. The highest BCUT2D eigenvalue weighted by Crippen LogP contribution is 2.30. The van der Waals surface area contributed by atoms with E-state index in [0.717, 1.165) is 18.2 Å². The lowest BCUT2D eigenvalue weighted by Gasteiger charge is -2.16. The first-order valence-corrected chi connectivity index (χ1v) is 11.6. The highest BCUT2D eigenvalue weighted by Gasteiger charge is 2.31. The molecule has 0 bridgehead atoms. The maximum absolute atomic E-state index is 13.1. The number of nitrogens with one attached hydrogen (secondary N) is 2. The summed E-state index contributed by atoms with van der Waals surface area (Å²) < 4.78 is 45.6. The van der Waals surface area contributed by atoms with Gasteiger partial charge in [0, 0.05) is 29.2 Å². The van der Waals surface area contributed by atoms with Crippen molar-refractivity contribution in [3.05, 3.63) is 93.3 Å². The van der Waals surface area contributed by atoms with Crippen molar-refractivity contribution in [3.63, 3.8) is 0 Å². The standard InChI is InChI=1S/C26H20F3N7O3/c1-13-7-8-18(31-23(37)16-5-4-6-17(10-16)26(27,28)29)11-20(13)36-15(3)19-12-30-24(33-22(19)34-25(36)38)32-21-9-14(2)35-39-21/h4-12H,1-3H3,(H,31,37)(H,32,33,34,38). The van der Waals surface area contributed by atoms with Crippen LogP contribution in [0.2, 0.25) is 0 Å². The topological polar surface area (TPSA) is 128 Å². The second-order valence-corrected chi connectivity index (χ2v) is 8.74. The number of fused-ring (bicyclic) bond motifs is 1. The minimum atomic E-state index is -4.58. The Hall–Kier alpha value is -5.07. The maximum atomic E-state index is 13.1. The number of hydrogen-bond acceptors (Lipinski definition) is 8. The Balaban J connectivity index is 1.48. The third-order valence-electron chi connectivity index (χ3n) is 5.91. The zero-order chi connectivity index (χ0) is 27.9. The summed E-state index contributed by atoms with van der Waals surface area (Å²) in [5.41, 5.74) is 1.01. The smallest absolute Gasteiger partial charge is 0.338 e. The van der Waals surface area contributed by atoms with Crippen LogP contribution >= 0.6 is 0 Å². The number of halogens is 3. The van der Waals surface area contributed by atoms with Gasteiger partial charge in [0.05, 0.1) is 22.3 Å². The van der Waals surface area contributed by atoms with Crippen LogP contribution in [0, 0.1) is 20.8 Å². The quantitative estimate of drug-likeness (QED) is 0.318. The molecular formula is C26H20F3N7O3. The third-order valence-corrected chi connectivity index (χ3v) is 5.91. The molecule has 0 aliphatic heterocycles. The summed E-state index contributed by atoms with van der Waals surface area (Å²) in [6, 6.07) is 10.6. The van der Waals surface area contributed by atoms with E-state index in [1.165, 1.54) is 16.8 Å². The van der Waals surface area contributed by atoms with Gasteiger partial charge in [0.15, 0.2) is 5.65 Å². The Kier molecular flexibility index (Phi) is 6.34.